The SMILES string of the molecule is OCCN(Cc1ccccc1)c1nnc(CCCl)o1. The maximum absolute atomic E-state index is 9.13. The zero-order valence-electron chi connectivity index (χ0n) is 10.5. The zero-order chi connectivity index (χ0) is 13.5. The van der Waals surface area contributed by atoms with Crippen LogP contribution in [-0.4, -0.2) is 34.3 Å². The standard InChI is InChI=1S/C13H16ClN3O2/c14-7-6-12-15-16-13(19-12)17(8-9-18)10-11-4-2-1-3-5-11/h1-5,18H,6-10H2. The number of anilines is 1. The second-order valence-corrected chi connectivity index (χ2v) is 4.43. The molecule has 0 saturated heterocycles. The summed E-state index contributed by atoms with van der Waals surface area (Å²) < 4.78 is 5.52. The first-order chi connectivity index (χ1) is 9.33. The Morgan fingerprint density at radius 3 is 2.68 bits per heavy atom. The van der Waals surface area contributed by atoms with E-state index >= 15 is 0 Å². The van der Waals surface area contributed by atoms with E-state index in [1.807, 2.05) is 35.2 Å². The minimum absolute atomic E-state index is 0.0278. The van der Waals surface area contributed by atoms with Crippen LogP contribution in [0.2, 0.25) is 0 Å². The predicted octanol–water partition coefficient (Wildman–Crippen LogP) is 1.85. The van der Waals surface area contributed by atoms with Crippen LogP contribution in [0.4, 0.5) is 6.01 Å². The first-order valence-corrected chi connectivity index (χ1v) is 6.65. The van der Waals surface area contributed by atoms with Crippen LogP contribution in [0, 0.1) is 0 Å². The molecule has 0 fully saturated rings. The maximum Gasteiger partial charge on any atom is 0.318 e. The van der Waals surface area contributed by atoms with E-state index in [2.05, 4.69) is 10.2 Å². The number of alkyl halides is 1. The topological polar surface area (TPSA) is 62.4 Å². The minimum atomic E-state index is 0.0278. The Morgan fingerprint density at radius 1 is 1.21 bits per heavy atom. The van der Waals surface area contributed by atoms with Crippen molar-refractivity contribution in [3.8, 4) is 0 Å². The van der Waals surface area contributed by atoms with Crippen molar-refractivity contribution in [2.24, 2.45) is 0 Å². The van der Waals surface area contributed by atoms with Gasteiger partial charge in [-0.15, -0.1) is 16.7 Å². The van der Waals surface area contributed by atoms with Crippen LogP contribution in [0.25, 0.3) is 0 Å². The van der Waals surface area contributed by atoms with Crippen molar-refractivity contribution in [3.63, 3.8) is 0 Å². The molecule has 0 saturated carbocycles. The molecular weight excluding hydrogens is 266 g/mol. The molecule has 5 nitrogen and oxygen atoms in total. The van der Waals surface area contributed by atoms with Gasteiger partial charge in [-0.05, 0) is 5.56 Å². The fourth-order valence-corrected chi connectivity index (χ4v) is 1.88. The molecule has 6 heteroatoms. The monoisotopic (exact) mass is 281 g/mol. The molecule has 0 aliphatic rings. The molecule has 0 atom stereocenters. The molecule has 0 aliphatic carbocycles. The summed E-state index contributed by atoms with van der Waals surface area (Å²) in [6.45, 7) is 1.08. The molecule has 0 bridgehead atoms. The van der Waals surface area contributed by atoms with Gasteiger partial charge in [0.15, 0.2) is 0 Å². The van der Waals surface area contributed by atoms with Gasteiger partial charge >= 0.3 is 6.01 Å². The molecule has 1 N–H and O–H groups in total. The molecule has 102 valence electrons. The fraction of sp³-hybridized carbons (Fsp3) is 0.385. The molecule has 1 heterocycles. The smallest absolute Gasteiger partial charge is 0.318 e. The Bertz CT molecular complexity index is 490. The summed E-state index contributed by atoms with van der Waals surface area (Å²) in [5.74, 6) is 0.960. The number of hydrogen-bond acceptors (Lipinski definition) is 5. The van der Waals surface area contributed by atoms with Gasteiger partial charge in [0, 0.05) is 25.4 Å². The van der Waals surface area contributed by atoms with E-state index in [0.29, 0.717) is 37.3 Å². The highest BCUT2D eigenvalue weighted by Gasteiger charge is 2.14. The number of aliphatic hydroxyl groups excluding tert-OH is 1. The van der Waals surface area contributed by atoms with Gasteiger partial charge < -0.3 is 14.4 Å². The van der Waals surface area contributed by atoms with Crippen molar-refractivity contribution < 1.29 is 9.52 Å². The summed E-state index contributed by atoms with van der Waals surface area (Å²) in [5.41, 5.74) is 1.12. The number of aliphatic hydroxyl groups is 1. The summed E-state index contributed by atoms with van der Waals surface area (Å²) in [6, 6.07) is 10.3. The molecule has 2 rings (SSSR count). The van der Waals surface area contributed by atoms with E-state index in [9.17, 15) is 0 Å². The van der Waals surface area contributed by atoms with Crippen LogP contribution in [0.1, 0.15) is 11.5 Å². The van der Waals surface area contributed by atoms with E-state index in [0.717, 1.165) is 5.56 Å². The summed E-state index contributed by atoms with van der Waals surface area (Å²) >= 11 is 5.63. The second-order valence-electron chi connectivity index (χ2n) is 4.05. The highest BCUT2D eigenvalue weighted by atomic mass is 35.5. The van der Waals surface area contributed by atoms with Crippen LogP contribution in [0.3, 0.4) is 0 Å². The highest BCUT2D eigenvalue weighted by Crippen LogP contribution is 2.15. The quantitative estimate of drug-likeness (QED) is 0.785. The van der Waals surface area contributed by atoms with E-state index < -0.39 is 0 Å². The van der Waals surface area contributed by atoms with Gasteiger partial charge in [-0.25, -0.2) is 0 Å². The van der Waals surface area contributed by atoms with Crippen LogP contribution in [-0.2, 0) is 13.0 Å². The Balaban J connectivity index is 2.10. The lowest BCUT2D eigenvalue weighted by molar-refractivity contribution is 0.297. The Hall–Kier alpha value is -1.59. The molecule has 19 heavy (non-hydrogen) atoms. The van der Waals surface area contributed by atoms with Crippen molar-refractivity contribution >= 4 is 17.6 Å². The molecule has 1 aromatic carbocycles. The van der Waals surface area contributed by atoms with Gasteiger partial charge in [0.1, 0.15) is 0 Å². The number of halogens is 1. The number of benzene rings is 1. The Labute approximate surface area is 116 Å². The lowest BCUT2D eigenvalue weighted by atomic mass is 10.2. The lowest BCUT2D eigenvalue weighted by Gasteiger charge is -2.18. The van der Waals surface area contributed by atoms with Gasteiger partial charge in [0.25, 0.3) is 0 Å². The lowest BCUT2D eigenvalue weighted by Crippen LogP contribution is -2.26. The third kappa shape index (κ3) is 3.94. The number of rotatable bonds is 7. The number of hydrogen-bond donors (Lipinski definition) is 1. The zero-order valence-corrected chi connectivity index (χ0v) is 11.3. The minimum Gasteiger partial charge on any atom is -0.408 e. The van der Waals surface area contributed by atoms with Crippen LogP contribution in [0.15, 0.2) is 34.7 Å². The molecule has 0 unspecified atom stereocenters. The first-order valence-electron chi connectivity index (χ1n) is 6.11. The molecule has 1 aromatic heterocycles. The predicted molar refractivity (Wildman–Crippen MR) is 73.3 cm³/mol. The summed E-state index contributed by atoms with van der Waals surface area (Å²) in [4.78, 5) is 1.85. The first kappa shape index (κ1) is 13.8. The molecule has 0 aliphatic heterocycles. The maximum atomic E-state index is 9.13. The summed E-state index contributed by atoms with van der Waals surface area (Å²) in [6.07, 6.45) is 0.548. The van der Waals surface area contributed by atoms with Crippen LogP contribution in [0.5, 0.6) is 0 Å². The van der Waals surface area contributed by atoms with Crippen molar-refractivity contribution in [3.05, 3.63) is 41.8 Å². The molecule has 0 radical (unpaired) electrons. The van der Waals surface area contributed by atoms with Gasteiger partial charge in [0.2, 0.25) is 5.89 Å². The van der Waals surface area contributed by atoms with Crippen molar-refractivity contribution in [2.75, 3.05) is 23.9 Å². The van der Waals surface area contributed by atoms with E-state index in [1.54, 1.807) is 0 Å². The normalized spacial score (nSPS) is 10.6. The number of aromatic nitrogens is 2. The molecule has 2 aromatic rings. The Morgan fingerprint density at radius 2 is 2.00 bits per heavy atom. The fourth-order valence-electron chi connectivity index (χ4n) is 1.72. The van der Waals surface area contributed by atoms with E-state index in [1.165, 1.54) is 0 Å². The van der Waals surface area contributed by atoms with E-state index in [-0.39, 0.29) is 6.61 Å². The highest BCUT2D eigenvalue weighted by molar-refractivity contribution is 6.17. The van der Waals surface area contributed by atoms with E-state index in [4.69, 9.17) is 21.1 Å². The van der Waals surface area contributed by atoms with Gasteiger partial charge in [-0.1, -0.05) is 35.4 Å². The Kier molecular flexibility index (Phi) is 5.18. The van der Waals surface area contributed by atoms with Crippen molar-refractivity contribution in [1.82, 2.24) is 10.2 Å². The largest absolute Gasteiger partial charge is 0.408 e. The van der Waals surface area contributed by atoms with Crippen LogP contribution >= 0.6 is 11.6 Å². The number of nitrogens with zero attached hydrogens (tertiary/aromatic N) is 3. The average Bonchev–Trinajstić information content (AvgIpc) is 2.88. The van der Waals surface area contributed by atoms with Gasteiger partial charge in [-0.2, -0.15) is 0 Å². The van der Waals surface area contributed by atoms with Crippen LogP contribution < -0.4 is 4.90 Å². The van der Waals surface area contributed by atoms with Gasteiger partial charge in [-0.3, -0.25) is 0 Å². The molecule has 0 amide bonds. The third-order valence-corrected chi connectivity index (χ3v) is 2.81. The second kappa shape index (κ2) is 7.11. The van der Waals surface area contributed by atoms with Gasteiger partial charge in [0.05, 0.1) is 6.61 Å². The molecular formula is C13H16ClN3O2. The molecule has 0 spiro atoms. The van der Waals surface area contributed by atoms with Crippen molar-refractivity contribution in [2.45, 2.75) is 13.0 Å². The number of aryl methyl sites for hydroxylation is 1. The van der Waals surface area contributed by atoms with Crippen molar-refractivity contribution in [1.29, 1.82) is 0 Å². The summed E-state index contributed by atoms with van der Waals surface area (Å²) in [7, 11) is 0. The summed E-state index contributed by atoms with van der Waals surface area (Å²) in [5, 5.41) is 17.0. The third-order valence-electron chi connectivity index (χ3n) is 2.62. The average molecular weight is 282 g/mol.